The third-order valence-corrected chi connectivity index (χ3v) is 4.74. The third-order valence-electron chi connectivity index (χ3n) is 4.45. The first-order valence-corrected chi connectivity index (χ1v) is 9.11. The monoisotopic (exact) mass is 410 g/mol. The maximum atomic E-state index is 13.1. The van der Waals surface area contributed by atoms with Crippen LogP contribution in [0.2, 0.25) is 5.02 Å². The molecule has 0 radical (unpaired) electrons. The maximum absolute atomic E-state index is 13.1. The summed E-state index contributed by atoms with van der Waals surface area (Å²) in [5.41, 5.74) is 3.75. The van der Waals surface area contributed by atoms with Crippen LogP contribution in [0.4, 0.5) is 10.1 Å². The van der Waals surface area contributed by atoms with Gasteiger partial charge < -0.3 is 10.1 Å². The molecule has 0 unspecified atom stereocenters. The molecule has 1 amide bonds. The first-order valence-electron chi connectivity index (χ1n) is 8.73. The van der Waals surface area contributed by atoms with Crippen molar-refractivity contribution in [2.75, 3.05) is 12.4 Å². The summed E-state index contributed by atoms with van der Waals surface area (Å²) >= 11 is 6.11. The van der Waals surface area contributed by atoms with E-state index in [1.807, 2.05) is 13.0 Å². The van der Waals surface area contributed by atoms with E-state index in [1.165, 1.54) is 24.0 Å². The second-order valence-corrected chi connectivity index (χ2v) is 6.83. The highest BCUT2D eigenvalue weighted by molar-refractivity contribution is 6.32. The van der Waals surface area contributed by atoms with E-state index in [0.717, 1.165) is 5.56 Å². The molecule has 0 aliphatic heterocycles. The number of benzene rings is 3. The minimum atomic E-state index is -0.329. The Bertz CT molecular complexity index is 1220. The fraction of sp³-hybridized carbons (Fsp3) is 0.0952. The predicted octanol–water partition coefficient (Wildman–Crippen LogP) is 4.78. The van der Waals surface area contributed by atoms with Gasteiger partial charge in [-0.1, -0.05) is 11.6 Å². The van der Waals surface area contributed by atoms with Crippen molar-refractivity contribution in [1.82, 2.24) is 15.0 Å². The lowest BCUT2D eigenvalue weighted by Gasteiger charge is -2.09. The van der Waals surface area contributed by atoms with Crippen LogP contribution in [0.25, 0.3) is 16.7 Å². The fourth-order valence-corrected chi connectivity index (χ4v) is 3.15. The van der Waals surface area contributed by atoms with Gasteiger partial charge in [-0.2, -0.15) is 4.80 Å². The van der Waals surface area contributed by atoms with Gasteiger partial charge in [0.1, 0.15) is 22.6 Å². The third kappa shape index (κ3) is 3.77. The number of anilines is 1. The Morgan fingerprint density at radius 3 is 2.41 bits per heavy atom. The van der Waals surface area contributed by atoms with E-state index in [9.17, 15) is 9.18 Å². The number of hydrogen-bond donors (Lipinski definition) is 1. The van der Waals surface area contributed by atoms with Crippen molar-refractivity contribution in [3.63, 3.8) is 0 Å². The Kier molecular flexibility index (Phi) is 4.90. The minimum absolute atomic E-state index is 0.303. The summed E-state index contributed by atoms with van der Waals surface area (Å²) in [6, 6.07) is 14.3. The van der Waals surface area contributed by atoms with E-state index >= 15 is 0 Å². The van der Waals surface area contributed by atoms with Crippen molar-refractivity contribution in [2.24, 2.45) is 0 Å². The number of ether oxygens (including phenoxy) is 1. The lowest BCUT2D eigenvalue weighted by Crippen LogP contribution is -2.12. The van der Waals surface area contributed by atoms with Crippen molar-refractivity contribution < 1.29 is 13.9 Å². The summed E-state index contributed by atoms with van der Waals surface area (Å²) in [4.78, 5) is 14.1. The second kappa shape index (κ2) is 7.52. The first-order chi connectivity index (χ1) is 13.9. The molecule has 0 spiro atoms. The maximum Gasteiger partial charge on any atom is 0.255 e. The van der Waals surface area contributed by atoms with Crippen LogP contribution < -0.4 is 10.1 Å². The number of nitrogens with one attached hydrogen (secondary N) is 1. The predicted molar refractivity (Wildman–Crippen MR) is 110 cm³/mol. The summed E-state index contributed by atoms with van der Waals surface area (Å²) in [5.74, 6) is -0.133. The molecule has 3 aromatic carbocycles. The van der Waals surface area contributed by atoms with Crippen LogP contribution in [0, 0.1) is 12.7 Å². The molecule has 4 aromatic rings. The van der Waals surface area contributed by atoms with Gasteiger partial charge in [0.15, 0.2) is 0 Å². The zero-order valence-corrected chi connectivity index (χ0v) is 16.4. The molecule has 6 nitrogen and oxygen atoms in total. The Morgan fingerprint density at radius 2 is 1.76 bits per heavy atom. The Morgan fingerprint density at radius 1 is 1.07 bits per heavy atom. The average Bonchev–Trinajstić information content (AvgIpc) is 3.11. The number of methoxy groups -OCH3 is 1. The van der Waals surface area contributed by atoms with Gasteiger partial charge in [0.05, 0.1) is 17.8 Å². The number of aryl methyl sites for hydroxylation is 1. The largest absolute Gasteiger partial charge is 0.495 e. The molecule has 0 saturated heterocycles. The number of carbonyl (C=O) groups is 1. The number of fused-ring (bicyclic) bond motifs is 1. The first kappa shape index (κ1) is 18.9. The summed E-state index contributed by atoms with van der Waals surface area (Å²) in [5, 5.41) is 12.1. The molecule has 1 heterocycles. The zero-order valence-electron chi connectivity index (χ0n) is 15.6. The number of carbonyl (C=O) groups excluding carboxylic acids is 1. The molecule has 0 saturated carbocycles. The topological polar surface area (TPSA) is 69.0 Å². The Balaban J connectivity index is 1.63. The molecule has 0 aliphatic rings. The minimum Gasteiger partial charge on any atom is -0.495 e. The Labute approximate surface area is 170 Å². The van der Waals surface area contributed by atoms with Crippen LogP contribution >= 0.6 is 11.6 Å². The van der Waals surface area contributed by atoms with E-state index in [4.69, 9.17) is 16.3 Å². The summed E-state index contributed by atoms with van der Waals surface area (Å²) in [6.07, 6.45) is 0. The normalized spacial score (nSPS) is 10.9. The number of rotatable bonds is 4. The molecule has 4 rings (SSSR count). The van der Waals surface area contributed by atoms with Crippen LogP contribution in [-0.4, -0.2) is 28.0 Å². The van der Waals surface area contributed by atoms with Crippen LogP contribution in [0.5, 0.6) is 5.75 Å². The molecule has 146 valence electrons. The Hall–Kier alpha value is -3.45. The summed E-state index contributed by atoms with van der Waals surface area (Å²) in [6.45, 7) is 1.87. The van der Waals surface area contributed by atoms with Gasteiger partial charge in [-0.15, -0.1) is 10.2 Å². The van der Waals surface area contributed by atoms with Gasteiger partial charge in [0, 0.05) is 11.3 Å². The van der Waals surface area contributed by atoms with Gasteiger partial charge in [0.2, 0.25) is 0 Å². The van der Waals surface area contributed by atoms with Crippen LogP contribution in [-0.2, 0) is 0 Å². The van der Waals surface area contributed by atoms with Gasteiger partial charge in [-0.05, 0) is 67.1 Å². The highest BCUT2D eigenvalue weighted by Crippen LogP contribution is 2.26. The second-order valence-electron chi connectivity index (χ2n) is 6.43. The highest BCUT2D eigenvalue weighted by Gasteiger charge is 2.13. The van der Waals surface area contributed by atoms with Gasteiger partial charge >= 0.3 is 0 Å². The highest BCUT2D eigenvalue weighted by atomic mass is 35.5. The molecule has 0 aliphatic carbocycles. The van der Waals surface area contributed by atoms with E-state index < -0.39 is 0 Å². The molecular weight excluding hydrogens is 395 g/mol. The fourth-order valence-electron chi connectivity index (χ4n) is 2.89. The van der Waals surface area contributed by atoms with E-state index in [1.54, 1.807) is 36.4 Å². The lowest BCUT2D eigenvalue weighted by molar-refractivity contribution is 0.102. The van der Waals surface area contributed by atoms with E-state index in [2.05, 4.69) is 15.5 Å². The van der Waals surface area contributed by atoms with E-state index in [0.29, 0.717) is 38.7 Å². The average molecular weight is 411 g/mol. The van der Waals surface area contributed by atoms with Crippen molar-refractivity contribution >= 4 is 34.2 Å². The van der Waals surface area contributed by atoms with Crippen molar-refractivity contribution in [3.05, 3.63) is 76.6 Å². The standard InChI is InChI=1S/C21H16ClFN4O2/c1-12-9-18-19(26-27(25-18)15-6-4-14(23)5-7-15)11-17(12)24-21(28)13-3-8-20(29-2)16(22)10-13/h3-11H,1-2H3,(H,24,28). The van der Waals surface area contributed by atoms with Crippen molar-refractivity contribution in [3.8, 4) is 11.4 Å². The number of amides is 1. The lowest BCUT2D eigenvalue weighted by atomic mass is 10.1. The van der Waals surface area contributed by atoms with E-state index in [-0.39, 0.29) is 11.7 Å². The molecule has 0 bridgehead atoms. The number of halogens is 2. The quantitative estimate of drug-likeness (QED) is 0.525. The molecule has 0 atom stereocenters. The van der Waals surface area contributed by atoms with Crippen LogP contribution in [0.15, 0.2) is 54.6 Å². The van der Waals surface area contributed by atoms with Gasteiger partial charge in [0.25, 0.3) is 5.91 Å². The number of nitrogens with zero attached hydrogens (tertiary/aromatic N) is 3. The van der Waals surface area contributed by atoms with Crippen LogP contribution in [0.3, 0.4) is 0 Å². The van der Waals surface area contributed by atoms with Crippen molar-refractivity contribution in [1.29, 1.82) is 0 Å². The smallest absolute Gasteiger partial charge is 0.255 e. The molecule has 0 fully saturated rings. The van der Waals surface area contributed by atoms with Crippen molar-refractivity contribution in [2.45, 2.75) is 6.92 Å². The molecule has 8 heteroatoms. The number of hydrogen-bond acceptors (Lipinski definition) is 4. The molecular formula is C21H16ClFN4O2. The van der Waals surface area contributed by atoms with Gasteiger partial charge in [-0.3, -0.25) is 4.79 Å². The number of aromatic nitrogens is 3. The molecule has 1 aromatic heterocycles. The van der Waals surface area contributed by atoms with Gasteiger partial charge in [-0.25, -0.2) is 4.39 Å². The van der Waals surface area contributed by atoms with Crippen LogP contribution in [0.1, 0.15) is 15.9 Å². The summed E-state index contributed by atoms with van der Waals surface area (Å²) in [7, 11) is 1.51. The SMILES string of the molecule is COc1ccc(C(=O)Nc2cc3nn(-c4ccc(F)cc4)nc3cc2C)cc1Cl. The molecule has 29 heavy (non-hydrogen) atoms. The summed E-state index contributed by atoms with van der Waals surface area (Å²) < 4.78 is 18.2. The molecule has 1 N–H and O–H groups in total. The zero-order chi connectivity index (χ0) is 20.5.